The first-order valence-corrected chi connectivity index (χ1v) is 7.82. The van der Waals surface area contributed by atoms with Crippen LogP contribution in [0, 0.1) is 5.41 Å². The first-order chi connectivity index (χ1) is 8.63. The highest BCUT2D eigenvalue weighted by Crippen LogP contribution is 2.27. The quantitative estimate of drug-likeness (QED) is 0.872. The smallest absolute Gasteiger partial charge is 0.233 e. The van der Waals surface area contributed by atoms with Crippen molar-refractivity contribution in [3.63, 3.8) is 0 Å². The third-order valence-corrected chi connectivity index (χ3v) is 3.85. The van der Waals surface area contributed by atoms with Crippen LogP contribution in [0.25, 0.3) is 0 Å². The van der Waals surface area contributed by atoms with Gasteiger partial charge in [-0.15, -0.1) is 0 Å². The highest BCUT2D eigenvalue weighted by molar-refractivity contribution is 7.92. The van der Waals surface area contributed by atoms with Crippen molar-refractivity contribution in [2.24, 2.45) is 12.5 Å². The van der Waals surface area contributed by atoms with Crippen molar-refractivity contribution >= 4 is 10.0 Å². The number of sulfonamides is 1. The van der Waals surface area contributed by atoms with Crippen LogP contribution >= 0.6 is 0 Å². The Morgan fingerprint density at radius 3 is 2.58 bits per heavy atom. The van der Waals surface area contributed by atoms with E-state index in [1.807, 2.05) is 19.3 Å². The maximum Gasteiger partial charge on any atom is 0.233 e. The summed E-state index contributed by atoms with van der Waals surface area (Å²) in [6.45, 7) is 9.71. The fourth-order valence-corrected chi connectivity index (χ4v) is 2.44. The first-order valence-electron chi connectivity index (χ1n) is 6.27. The number of hydrogen-bond donors (Lipinski definition) is 1. The van der Waals surface area contributed by atoms with Gasteiger partial charge in [0.2, 0.25) is 10.0 Å². The molecule has 108 valence electrons. The predicted octanol–water partition coefficient (Wildman–Crippen LogP) is 2.35. The van der Waals surface area contributed by atoms with Gasteiger partial charge in [-0.25, -0.2) is 13.1 Å². The van der Waals surface area contributed by atoms with E-state index < -0.39 is 10.0 Å². The van der Waals surface area contributed by atoms with Gasteiger partial charge in [-0.05, 0) is 24.3 Å². The molecule has 0 saturated heterocycles. The zero-order valence-electron chi connectivity index (χ0n) is 12.0. The summed E-state index contributed by atoms with van der Waals surface area (Å²) >= 11 is 0. The van der Waals surface area contributed by atoms with Gasteiger partial charge in [0.15, 0.2) is 0 Å². The van der Waals surface area contributed by atoms with Crippen molar-refractivity contribution in [3.8, 4) is 0 Å². The summed E-state index contributed by atoms with van der Waals surface area (Å²) in [6, 6.07) is 1.52. The first kappa shape index (κ1) is 15.9. The van der Waals surface area contributed by atoms with E-state index >= 15 is 0 Å². The number of hydrogen-bond acceptors (Lipinski definition) is 3. The van der Waals surface area contributed by atoms with Gasteiger partial charge >= 0.3 is 0 Å². The second-order valence-corrected chi connectivity index (χ2v) is 7.55. The molecule has 0 amide bonds. The molecule has 1 heterocycles. The number of aromatic nitrogens is 2. The zero-order chi connectivity index (χ0) is 14.7. The Balaban J connectivity index is 2.88. The third kappa shape index (κ3) is 5.57. The summed E-state index contributed by atoms with van der Waals surface area (Å²) in [6.07, 6.45) is 3.41. The van der Waals surface area contributed by atoms with Gasteiger partial charge in [0, 0.05) is 18.7 Å². The van der Waals surface area contributed by atoms with Crippen molar-refractivity contribution in [1.29, 1.82) is 0 Å². The Hall–Kier alpha value is -1.14. The van der Waals surface area contributed by atoms with E-state index in [2.05, 4.69) is 37.2 Å². The molecule has 0 aliphatic heterocycles. The molecule has 0 radical (unpaired) electrons. The topological polar surface area (TPSA) is 64.0 Å². The van der Waals surface area contributed by atoms with Gasteiger partial charge in [-0.2, -0.15) is 5.10 Å². The van der Waals surface area contributed by atoms with E-state index in [9.17, 15) is 8.42 Å². The Labute approximate surface area is 115 Å². The monoisotopic (exact) mass is 285 g/mol. The molecule has 0 bridgehead atoms. The summed E-state index contributed by atoms with van der Waals surface area (Å²) < 4.78 is 27.6. The summed E-state index contributed by atoms with van der Waals surface area (Å²) in [5, 5.41) is 5.22. The van der Waals surface area contributed by atoms with E-state index in [1.165, 1.54) is 0 Å². The molecule has 0 aliphatic carbocycles. The molecule has 0 saturated carbocycles. The molecule has 1 aromatic rings. The van der Waals surface area contributed by atoms with Crippen LogP contribution in [0.5, 0.6) is 0 Å². The van der Waals surface area contributed by atoms with Gasteiger partial charge in [0.05, 0.1) is 11.7 Å². The number of nitrogens with zero attached hydrogens (tertiary/aromatic N) is 2. The molecule has 5 nitrogen and oxygen atoms in total. The minimum Gasteiger partial charge on any atom is -0.275 e. The fourth-order valence-electron chi connectivity index (χ4n) is 1.71. The maximum atomic E-state index is 11.7. The van der Waals surface area contributed by atoms with Gasteiger partial charge in [0.1, 0.15) is 0 Å². The summed E-state index contributed by atoms with van der Waals surface area (Å²) in [5.41, 5.74) is 0.879. The Bertz CT molecular complexity index is 526. The van der Waals surface area contributed by atoms with Crippen LogP contribution in [0.15, 0.2) is 24.3 Å². The molecule has 1 atom stereocenters. The van der Waals surface area contributed by atoms with Crippen molar-refractivity contribution in [1.82, 2.24) is 14.5 Å². The van der Waals surface area contributed by atoms with Crippen LogP contribution in [0.4, 0.5) is 0 Å². The molecular formula is C13H23N3O2S. The third-order valence-electron chi connectivity index (χ3n) is 2.80. The second-order valence-electron chi connectivity index (χ2n) is 5.90. The van der Waals surface area contributed by atoms with Crippen LogP contribution in [-0.2, 0) is 17.1 Å². The minimum atomic E-state index is -3.46. The highest BCUT2D eigenvalue weighted by atomic mass is 32.2. The molecule has 0 aromatic carbocycles. The zero-order valence-corrected chi connectivity index (χ0v) is 12.9. The predicted molar refractivity (Wildman–Crippen MR) is 76.9 cm³/mol. The lowest BCUT2D eigenvalue weighted by Gasteiger charge is -2.22. The molecule has 0 fully saturated rings. The largest absolute Gasteiger partial charge is 0.275 e. The van der Waals surface area contributed by atoms with Gasteiger partial charge in [-0.3, -0.25) is 4.68 Å². The molecule has 1 unspecified atom stereocenters. The molecular weight excluding hydrogens is 262 g/mol. The van der Waals surface area contributed by atoms with Crippen molar-refractivity contribution < 1.29 is 8.42 Å². The van der Waals surface area contributed by atoms with Crippen LogP contribution in [-0.4, -0.2) is 18.2 Å². The van der Waals surface area contributed by atoms with Crippen molar-refractivity contribution in [2.45, 2.75) is 39.7 Å². The van der Waals surface area contributed by atoms with Gasteiger partial charge in [-0.1, -0.05) is 27.4 Å². The van der Waals surface area contributed by atoms with Crippen LogP contribution in [0.1, 0.15) is 45.3 Å². The molecule has 0 spiro atoms. The average Bonchev–Trinajstić information content (AvgIpc) is 2.70. The molecule has 1 rings (SSSR count). The summed E-state index contributed by atoms with van der Waals surface area (Å²) in [5.74, 6) is 0. The SMILES string of the molecule is C=CS(=O)(=O)NC(CCC(C)(C)C)c1ccn(C)n1. The molecule has 1 N–H and O–H groups in total. The molecule has 19 heavy (non-hydrogen) atoms. The lowest BCUT2D eigenvalue weighted by Crippen LogP contribution is -2.28. The van der Waals surface area contributed by atoms with Crippen LogP contribution in [0.2, 0.25) is 0 Å². The van der Waals surface area contributed by atoms with E-state index in [-0.39, 0.29) is 11.5 Å². The number of nitrogens with one attached hydrogen (secondary N) is 1. The van der Waals surface area contributed by atoms with Crippen molar-refractivity contribution in [2.75, 3.05) is 0 Å². The van der Waals surface area contributed by atoms with Crippen LogP contribution in [0.3, 0.4) is 0 Å². The Morgan fingerprint density at radius 1 is 1.53 bits per heavy atom. The molecule has 1 aromatic heterocycles. The summed E-state index contributed by atoms with van der Waals surface area (Å²) in [4.78, 5) is 0. The minimum absolute atomic E-state index is 0.145. The highest BCUT2D eigenvalue weighted by Gasteiger charge is 2.22. The Morgan fingerprint density at radius 2 is 2.16 bits per heavy atom. The molecule has 6 heteroatoms. The number of aryl methyl sites for hydroxylation is 1. The van der Waals surface area contributed by atoms with Crippen LogP contribution < -0.4 is 4.72 Å². The van der Waals surface area contributed by atoms with E-state index in [0.29, 0.717) is 6.42 Å². The standard InChI is InChI=1S/C13H23N3O2S/c1-6-19(17,18)15-12(7-9-13(2,3)4)11-8-10-16(5)14-11/h6,8,10,12,15H,1,7,9H2,2-5H3. The van der Waals surface area contributed by atoms with E-state index in [4.69, 9.17) is 0 Å². The lowest BCUT2D eigenvalue weighted by atomic mass is 9.88. The van der Waals surface area contributed by atoms with E-state index in [1.54, 1.807) is 4.68 Å². The number of rotatable bonds is 6. The second kappa shape index (κ2) is 5.88. The lowest BCUT2D eigenvalue weighted by molar-refractivity contribution is 0.341. The fraction of sp³-hybridized carbons (Fsp3) is 0.615. The van der Waals surface area contributed by atoms with Gasteiger partial charge in [0.25, 0.3) is 0 Å². The van der Waals surface area contributed by atoms with E-state index in [0.717, 1.165) is 17.5 Å². The van der Waals surface area contributed by atoms with Crippen molar-refractivity contribution in [3.05, 3.63) is 29.9 Å². The van der Waals surface area contributed by atoms with Gasteiger partial charge < -0.3 is 0 Å². The summed E-state index contributed by atoms with van der Waals surface area (Å²) in [7, 11) is -1.65. The Kier molecular flexibility index (Phi) is 4.92. The maximum absolute atomic E-state index is 11.7. The average molecular weight is 285 g/mol. The normalized spacial score (nSPS) is 14.3. The molecule has 0 aliphatic rings.